The van der Waals surface area contributed by atoms with Crippen molar-refractivity contribution in [2.45, 2.75) is 6.54 Å². The largest absolute Gasteiger partial charge is 0.453 e. The molecular formula is C12H10BrFN2O. The molecule has 17 heavy (non-hydrogen) atoms. The van der Waals surface area contributed by atoms with Crippen LogP contribution in [0.3, 0.4) is 0 Å². The van der Waals surface area contributed by atoms with Crippen LogP contribution in [0.5, 0.6) is 11.5 Å². The SMILES string of the molecule is NCc1cncc(Oc2cc(Br)ccc2F)c1. The first kappa shape index (κ1) is 12.0. The molecule has 0 radical (unpaired) electrons. The van der Waals surface area contributed by atoms with Gasteiger partial charge in [0.25, 0.3) is 0 Å². The van der Waals surface area contributed by atoms with Crippen LogP contribution in [0.4, 0.5) is 4.39 Å². The van der Waals surface area contributed by atoms with E-state index in [1.807, 2.05) is 0 Å². The second kappa shape index (κ2) is 5.25. The summed E-state index contributed by atoms with van der Waals surface area (Å²) in [6, 6.07) is 6.23. The Bertz CT molecular complexity index is 534. The first-order chi connectivity index (χ1) is 8.19. The Labute approximate surface area is 107 Å². The monoisotopic (exact) mass is 296 g/mol. The molecule has 0 spiro atoms. The minimum absolute atomic E-state index is 0.148. The van der Waals surface area contributed by atoms with Crippen molar-refractivity contribution in [2.24, 2.45) is 5.73 Å². The summed E-state index contributed by atoms with van der Waals surface area (Å²) in [7, 11) is 0. The van der Waals surface area contributed by atoms with Crippen molar-refractivity contribution < 1.29 is 9.13 Å². The summed E-state index contributed by atoms with van der Waals surface area (Å²) >= 11 is 3.26. The van der Waals surface area contributed by atoms with Gasteiger partial charge in [-0.3, -0.25) is 4.98 Å². The molecule has 0 bridgehead atoms. The highest BCUT2D eigenvalue weighted by molar-refractivity contribution is 9.10. The molecule has 0 saturated carbocycles. The molecule has 0 amide bonds. The first-order valence-electron chi connectivity index (χ1n) is 4.96. The highest BCUT2D eigenvalue weighted by Gasteiger charge is 2.06. The van der Waals surface area contributed by atoms with Crippen LogP contribution < -0.4 is 10.5 Å². The van der Waals surface area contributed by atoms with E-state index >= 15 is 0 Å². The average Bonchev–Trinajstić information content (AvgIpc) is 2.34. The molecule has 2 aromatic rings. The number of hydrogen-bond acceptors (Lipinski definition) is 3. The number of pyridine rings is 1. The fourth-order valence-electron chi connectivity index (χ4n) is 1.31. The molecule has 0 aliphatic heterocycles. The van der Waals surface area contributed by atoms with Gasteiger partial charge >= 0.3 is 0 Å². The van der Waals surface area contributed by atoms with E-state index in [9.17, 15) is 4.39 Å². The first-order valence-corrected chi connectivity index (χ1v) is 5.75. The molecule has 0 saturated heterocycles. The summed E-state index contributed by atoms with van der Waals surface area (Å²) in [5.41, 5.74) is 6.32. The summed E-state index contributed by atoms with van der Waals surface area (Å²) in [5.74, 6) is 0.187. The van der Waals surface area contributed by atoms with E-state index in [4.69, 9.17) is 10.5 Å². The summed E-state index contributed by atoms with van der Waals surface area (Å²) in [6.45, 7) is 0.366. The Hall–Kier alpha value is -1.46. The fourth-order valence-corrected chi connectivity index (χ4v) is 1.65. The molecule has 0 aliphatic rings. The van der Waals surface area contributed by atoms with Crippen molar-refractivity contribution in [3.8, 4) is 11.5 Å². The number of nitrogens with two attached hydrogens (primary N) is 1. The van der Waals surface area contributed by atoms with Crippen LogP contribution in [-0.2, 0) is 6.54 Å². The van der Waals surface area contributed by atoms with Crippen LogP contribution in [0.2, 0.25) is 0 Å². The van der Waals surface area contributed by atoms with E-state index in [2.05, 4.69) is 20.9 Å². The van der Waals surface area contributed by atoms with Crippen molar-refractivity contribution in [2.75, 3.05) is 0 Å². The smallest absolute Gasteiger partial charge is 0.165 e. The Kier molecular flexibility index (Phi) is 3.71. The van der Waals surface area contributed by atoms with Gasteiger partial charge in [-0.25, -0.2) is 4.39 Å². The number of ether oxygens (including phenoxy) is 1. The van der Waals surface area contributed by atoms with Gasteiger partial charge in [-0.2, -0.15) is 0 Å². The zero-order chi connectivity index (χ0) is 12.3. The summed E-state index contributed by atoms with van der Waals surface area (Å²) in [6.07, 6.45) is 3.16. The van der Waals surface area contributed by atoms with Gasteiger partial charge in [-0.05, 0) is 29.8 Å². The predicted octanol–water partition coefficient (Wildman–Crippen LogP) is 3.23. The van der Waals surface area contributed by atoms with E-state index in [0.717, 1.165) is 10.0 Å². The van der Waals surface area contributed by atoms with Crippen LogP contribution in [0.25, 0.3) is 0 Å². The van der Waals surface area contributed by atoms with Crippen molar-refractivity contribution in [3.63, 3.8) is 0 Å². The number of hydrogen-bond donors (Lipinski definition) is 1. The zero-order valence-electron chi connectivity index (χ0n) is 8.86. The third kappa shape index (κ3) is 3.01. The van der Waals surface area contributed by atoms with Gasteiger partial charge in [0.05, 0.1) is 6.20 Å². The molecule has 88 valence electrons. The lowest BCUT2D eigenvalue weighted by Gasteiger charge is -2.07. The quantitative estimate of drug-likeness (QED) is 0.946. The summed E-state index contributed by atoms with van der Waals surface area (Å²) < 4.78 is 19.6. The van der Waals surface area contributed by atoms with Crippen LogP contribution >= 0.6 is 15.9 Å². The van der Waals surface area contributed by atoms with E-state index in [1.54, 1.807) is 24.4 Å². The predicted molar refractivity (Wildman–Crippen MR) is 66.3 cm³/mol. The van der Waals surface area contributed by atoms with Gasteiger partial charge < -0.3 is 10.5 Å². The van der Waals surface area contributed by atoms with Gasteiger partial charge in [0.1, 0.15) is 5.75 Å². The van der Waals surface area contributed by atoms with Crippen LogP contribution in [0.1, 0.15) is 5.56 Å². The number of rotatable bonds is 3. The molecule has 0 unspecified atom stereocenters. The molecule has 0 aliphatic carbocycles. The lowest BCUT2D eigenvalue weighted by molar-refractivity contribution is 0.439. The molecule has 2 rings (SSSR count). The molecule has 1 aromatic carbocycles. The van der Waals surface area contributed by atoms with Crippen molar-refractivity contribution in [1.29, 1.82) is 0 Å². The number of nitrogens with zero attached hydrogens (tertiary/aromatic N) is 1. The van der Waals surface area contributed by atoms with Gasteiger partial charge in [-0.1, -0.05) is 15.9 Å². The van der Waals surface area contributed by atoms with E-state index in [1.165, 1.54) is 12.3 Å². The molecule has 5 heteroatoms. The van der Waals surface area contributed by atoms with E-state index in [0.29, 0.717) is 12.3 Å². The highest BCUT2D eigenvalue weighted by Crippen LogP contribution is 2.27. The molecular weight excluding hydrogens is 287 g/mol. The van der Waals surface area contributed by atoms with Gasteiger partial charge in [0.15, 0.2) is 11.6 Å². The Balaban J connectivity index is 2.27. The van der Waals surface area contributed by atoms with E-state index < -0.39 is 5.82 Å². The van der Waals surface area contributed by atoms with Crippen molar-refractivity contribution >= 4 is 15.9 Å². The minimum atomic E-state index is -0.425. The second-order valence-corrected chi connectivity index (χ2v) is 4.33. The highest BCUT2D eigenvalue weighted by atomic mass is 79.9. The third-order valence-electron chi connectivity index (χ3n) is 2.13. The Morgan fingerprint density at radius 1 is 1.29 bits per heavy atom. The average molecular weight is 297 g/mol. The number of halogens is 2. The fraction of sp³-hybridized carbons (Fsp3) is 0.0833. The van der Waals surface area contributed by atoms with Gasteiger partial charge in [0, 0.05) is 17.2 Å². The van der Waals surface area contributed by atoms with Crippen LogP contribution in [0.15, 0.2) is 41.1 Å². The van der Waals surface area contributed by atoms with Crippen molar-refractivity contribution in [3.05, 3.63) is 52.5 Å². The summed E-state index contributed by atoms with van der Waals surface area (Å²) in [5, 5.41) is 0. The lowest BCUT2D eigenvalue weighted by atomic mass is 10.3. The molecule has 0 atom stereocenters. The zero-order valence-corrected chi connectivity index (χ0v) is 10.4. The number of aromatic nitrogens is 1. The van der Waals surface area contributed by atoms with Crippen molar-refractivity contribution in [1.82, 2.24) is 4.98 Å². The summed E-state index contributed by atoms with van der Waals surface area (Å²) in [4.78, 5) is 3.96. The molecule has 0 fully saturated rings. The normalized spacial score (nSPS) is 10.3. The molecule has 1 heterocycles. The molecule has 2 N–H and O–H groups in total. The standard InChI is InChI=1S/C12H10BrFN2O/c13-9-1-2-11(14)12(4-9)17-10-3-8(5-15)6-16-7-10/h1-4,6-7H,5,15H2. The topological polar surface area (TPSA) is 48.1 Å². The third-order valence-corrected chi connectivity index (χ3v) is 2.62. The Morgan fingerprint density at radius 3 is 2.88 bits per heavy atom. The molecule has 1 aromatic heterocycles. The van der Waals surface area contributed by atoms with Crippen LogP contribution in [0, 0.1) is 5.82 Å². The Morgan fingerprint density at radius 2 is 2.12 bits per heavy atom. The lowest BCUT2D eigenvalue weighted by Crippen LogP contribution is -1.97. The minimum Gasteiger partial charge on any atom is -0.453 e. The maximum Gasteiger partial charge on any atom is 0.165 e. The maximum atomic E-state index is 13.4. The molecule has 3 nitrogen and oxygen atoms in total. The number of benzene rings is 1. The second-order valence-electron chi connectivity index (χ2n) is 3.41. The van der Waals surface area contributed by atoms with Gasteiger partial charge in [-0.15, -0.1) is 0 Å². The van der Waals surface area contributed by atoms with Crippen LogP contribution in [-0.4, -0.2) is 4.98 Å². The maximum absolute atomic E-state index is 13.4. The van der Waals surface area contributed by atoms with E-state index in [-0.39, 0.29) is 5.75 Å². The van der Waals surface area contributed by atoms with Gasteiger partial charge in [0.2, 0.25) is 0 Å².